The van der Waals surface area contributed by atoms with Crippen molar-refractivity contribution in [1.29, 1.82) is 0 Å². The SMILES string of the molecule is CCc1ccc(NC(=O)Cn2cc(C(=O)c3ccc(Br)cc3)c(=O)c3ccc(C)nc32)cc1. The number of amides is 1. The van der Waals surface area contributed by atoms with E-state index in [9.17, 15) is 14.4 Å². The molecule has 0 saturated heterocycles. The van der Waals surface area contributed by atoms with Crippen molar-refractivity contribution in [3.63, 3.8) is 0 Å². The average molecular weight is 504 g/mol. The van der Waals surface area contributed by atoms with Crippen LogP contribution in [-0.2, 0) is 17.8 Å². The Morgan fingerprint density at radius 1 is 1.00 bits per heavy atom. The second-order valence-electron chi connectivity index (χ2n) is 7.76. The number of nitrogens with one attached hydrogen (secondary N) is 1. The third-order valence-corrected chi connectivity index (χ3v) is 5.90. The number of fused-ring (bicyclic) bond motifs is 1. The van der Waals surface area contributed by atoms with E-state index in [-0.39, 0.29) is 18.0 Å². The number of halogens is 1. The highest BCUT2D eigenvalue weighted by Crippen LogP contribution is 2.17. The van der Waals surface area contributed by atoms with Gasteiger partial charge in [-0.3, -0.25) is 14.4 Å². The number of aromatic nitrogens is 2. The molecule has 0 aliphatic rings. The zero-order chi connectivity index (χ0) is 23.5. The molecule has 0 bridgehead atoms. The van der Waals surface area contributed by atoms with Gasteiger partial charge >= 0.3 is 0 Å². The number of carbonyl (C=O) groups is 2. The van der Waals surface area contributed by atoms with Crippen LogP contribution in [0.25, 0.3) is 11.0 Å². The van der Waals surface area contributed by atoms with Gasteiger partial charge in [0.15, 0.2) is 5.78 Å². The Bertz CT molecular complexity index is 1410. The predicted molar refractivity (Wildman–Crippen MR) is 133 cm³/mol. The first-order chi connectivity index (χ1) is 15.9. The normalized spacial score (nSPS) is 10.9. The van der Waals surface area contributed by atoms with E-state index in [1.54, 1.807) is 41.0 Å². The van der Waals surface area contributed by atoms with E-state index < -0.39 is 11.2 Å². The van der Waals surface area contributed by atoms with Gasteiger partial charge in [0.2, 0.25) is 11.3 Å². The molecule has 4 rings (SSSR count). The van der Waals surface area contributed by atoms with Crippen molar-refractivity contribution in [2.75, 3.05) is 5.32 Å². The lowest BCUT2D eigenvalue weighted by Crippen LogP contribution is -2.25. The van der Waals surface area contributed by atoms with Gasteiger partial charge in [-0.15, -0.1) is 0 Å². The first-order valence-electron chi connectivity index (χ1n) is 10.6. The minimum absolute atomic E-state index is 0.00410. The number of benzene rings is 2. The number of pyridine rings is 2. The van der Waals surface area contributed by atoms with Crippen LogP contribution < -0.4 is 10.7 Å². The van der Waals surface area contributed by atoms with Crippen LogP contribution in [-0.4, -0.2) is 21.2 Å². The van der Waals surface area contributed by atoms with E-state index in [0.717, 1.165) is 10.9 Å². The molecule has 0 radical (unpaired) electrons. The molecule has 0 aliphatic carbocycles. The zero-order valence-corrected chi connectivity index (χ0v) is 19.8. The van der Waals surface area contributed by atoms with Crippen LogP contribution in [0.4, 0.5) is 5.69 Å². The van der Waals surface area contributed by atoms with Crippen molar-refractivity contribution in [1.82, 2.24) is 9.55 Å². The van der Waals surface area contributed by atoms with Crippen LogP contribution in [0.5, 0.6) is 0 Å². The molecule has 1 amide bonds. The molecule has 2 heterocycles. The summed E-state index contributed by atoms with van der Waals surface area (Å²) < 4.78 is 2.39. The summed E-state index contributed by atoms with van der Waals surface area (Å²) in [4.78, 5) is 43.5. The molecule has 2 aromatic carbocycles. The maximum atomic E-state index is 13.1. The molecule has 0 fully saturated rings. The van der Waals surface area contributed by atoms with E-state index in [1.807, 2.05) is 31.2 Å². The smallest absolute Gasteiger partial charge is 0.244 e. The van der Waals surface area contributed by atoms with E-state index in [1.165, 1.54) is 11.8 Å². The Labute approximate surface area is 199 Å². The minimum Gasteiger partial charge on any atom is -0.325 e. The summed E-state index contributed by atoms with van der Waals surface area (Å²) >= 11 is 3.35. The van der Waals surface area contributed by atoms with Crippen LogP contribution in [0.1, 0.15) is 34.1 Å². The molecular formula is C26H22BrN3O3. The van der Waals surface area contributed by atoms with Crippen molar-refractivity contribution in [3.05, 3.63) is 104 Å². The molecule has 0 atom stereocenters. The number of hydrogen-bond acceptors (Lipinski definition) is 4. The molecule has 7 heteroatoms. The van der Waals surface area contributed by atoms with E-state index in [2.05, 4.69) is 33.2 Å². The average Bonchev–Trinajstić information content (AvgIpc) is 2.81. The van der Waals surface area contributed by atoms with Crippen LogP contribution in [0.3, 0.4) is 0 Å². The Morgan fingerprint density at radius 3 is 2.36 bits per heavy atom. The van der Waals surface area contributed by atoms with Crippen LogP contribution in [0.15, 0.2) is 76.1 Å². The molecule has 1 N–H and O–H groups in total. The predicted octanol–water partition coefficient (Wildman–Crippen LogP) is 4.90. The highest BCUT2D eigenvalue weighted by Gasteiger charge is 2.19. The van der Waals surface area contributed by atoms with E-state index in [4.69, 9.17) is 0 Å². The second-order valence-corrected chi connectivity index (χ2v) is 8.67. The van der Waals surface area contributed by atoms with E-state index >= 15 is 0 Å². The number of anilines is 1. The molecule has 4 aromatic rings. The molecule has 2 aromatic heterocycles. The first kappa shape index (κ1) is 22.6. The number of aryl methyl sites for hydroxylation is 2. The highest BCUT2D eigenvalue weighted by molar-refractivity contribution is 9.10. The van der Waals surface area contributed by atoms with Gasteiger partial charge in [-0.1, -0.05) is 35.0 Å². The largest absolute Gasteiger partial charge is 0.325 e. The molecule has 0 spiro atoms. The Hall–Kier alpha value is -3.58. The molecular weight excluding hydrogens is 482 g/mol. The summed E-state index contributed by atoms with van der Waals surface area (Å²) in [5.41, 5.74) is 2.91. The fraction of sp³-hybridized carbons (Fsp3) is 0.154. The topological polar surface area (TPSA) is 81.1 Å². The second kappa shape index (κ2) is 9.50. The van der Waals surface area contributed by atoms with Gasteiger partial charge in [-0.05, 0) is 67.4 Å². The summed E-state index contributed by atoms with van der Waals surface area (Å²) in [7, 11) is 0. The first-order valence-corrected chi connectivity index (χ1v) is 11.3. The summed E-state index contributed by atoms with van der Waals surface area (Å²) in [5, 5.41) is 3.16. The lowest BCUT2D eigenvalue weighted by molar-refractivity contribution is -0.116. The van der Waals surface area contributed by atoms with Crippen molar-refractivity contribution in [2.45, 2.75) is 26.8 Å². The minimum atomic E-state index is -0.405. The number of nitrogens with zero attached hydrogens (tertiary/aromatic N) is 2. The number of hydrogen-bond donors (Lipinski definition) is 1. The van der Waals surface area contributed by atoms with Crippen LogP contribution in [0.2, 0.25) is 0 Å². The van der Waals surface area contributed by atoms with Crippen LogP contribution in [0, 0.1) is 6.92 Å². The maximum absolute atomic E-state index is 13.1. The van der Waals surface area contributed by atoms with Gasteiger partial charge in [-0.25, -0.2) is 4.98 Å². The monoisotopic (exact) mass is 503 g/mol. The molecule has 0 saturated carbocycles. The van der Waals surface area contributed by atoms with Crippen LogP contribution >= 0.6 is 15.9 Å². The maximum Gasteiger partial charge on any atom is 0.244 e. The summed E-state index contributed by atoms with van der Waals surface area (Å²) in [6.07, 6.45) is 2.35. The van der Waals surface area contributed by atoms with Crippen molar-refractivity contribution in [2.24, 2.45) is 0 Å². The highest BCUT2D eigenvalue weighted by atomic mass is 79.9. The fourth-order valence-corrected chi connectivity index (χ4v) is 3.84. The third-order valence-electron chi connectivity index (χ3n) is 5.37. The van der Waals surface area contributed by atoms with Gasteiger partial charge in [0.25, 0.3) is 0 Å². The molecule has 0 aliphatic heterocycles. The van der Waals surface area contributed by atoms with Gasteiger partial charge < -0.3 is 9.88 Å². The van der Waals surface area contributed by atoms with Crippen molar-refractivity contribution < 1.29 is 9.59 Å². The molecule has 0 unspecified atom stereocenters. The fourth-order valence-electron chi connectivity index (χ4n) is 3.58. The number of carbonyl (C=O) groups excluding carboxylic acids is 2. The van der Waals surface area contributed by atoms with Gasteiger partial charge in [0, 0.05) is 27.6 Å². The van der Waals surface area contributed by atoms with Crippen molar-refractivity contribution >= 4 is 44.3 Å². The summed E-state index contributed by atoms with van der Waals surface area (Å²) in [5.74, 6) is -0.686. The lowest BCUT2D eigenvalue weighted by atomic mass is 10.0. The zero-order valence-electron chi connectivity index (χ0n) is 18.3. The van der Waals surface area contributed by atoms with Gasteiger partial charge in [0.05, 0.1) is 10.9 Å². The quantitative estimate of drug-likeness (QED) is 0.379. The Kier molecular flexibility index (Phi) is 6.51. The third kappa shape index (κ3) is 4.93. The number of ketones is 1. The molecule has 33 heavy (non-hydrogen) atoms. The Balaban J connectivity index is 1.72. The standard InChI is InChI=1S/C26H22BrN3O3/c1-3-17-5-11-20(12-6-17)29-23(31)15-30-14-22(24(32)18-7-9-19(27)10-8-18)25(33)21-13-4-16(2)28-26(21)30/h4-14H,3,15H2,1-2H3,(H,29,31). The Morgan fingerprint density at radius 2 is 1.70 bits per heavy atom. The van der Waals surface area contributed by atoms with E-state index in [0.29, 0.717) is 28.0 Å². The lowest BCUT2D eigenvalue weighted by Gasteiger charge is -2.13. The van der Waals surface area contributed by atoms with Gasteiger partial charge in [0.1, 0.15) is 12.2 Å². The number of rotatable bonds is 6. The summed E-state index contributed by atoms with van der Waals surface area (Å²) in [6, 6.07) is 17.8. The van der Waals surface area contributed by atoms with Crippen molar-refractivity contribution in [3.8, 4) is 0 Å². The van der Waals surface area contributed by atoms with Gasteiger partial charge in [-0.2, -0.15) is 0 Å². The molecule has 166 valence electrons. The molecule has 6 nitrogen and oxygen atoms in total. The summed E-state index contributed by atoms with van der Waals surface area (Å²) in [6.45, 7) is 3.78.